The third-order valence-corrected chi connectivity index (χ3v) is 3.29. The molecule has 0 unspecified atom stereocenters. The quantitative estimate of drug-likeness (QED) is 0.578. The van der Waals surface area contributed by atoms with E-state index in [0.717, 1.165) is 11.4 Å². The predicted octanol–water partition coefficient (Wildman–Crippen LogP) is 2.82. The number of hydrogen-bond acceptors (Lipinski definition) is 5. The van der Waals surface area contributed by atoms with Gasteiger partial charge in [0.2, 0.25) is 0 Å². The van der Waals surface area contributed by atoms with E-state index in [1.54, 1.807) is 6.20 Å². The van der Waals surface area contributed by atoms with Gasteiger partial charge < -0.3 is 10.1 Å². The monoisotopic (exact) mass is 326 g/mol. The number of hydrazone groups is 1. The zero-order valence-electron chi connectivity index (χ0n) is 13.9. The van der Waals surface area contributed by atoms with Gasteiger partial charge in [-0.05, 0) is 49.7 Å². The summed E-state index contributed by atoms with van der Waals surface area (Å²) in [7, 11) is 0. The number of pyridine rings is 1. The highest BCUT2D eigenvalue weighted by molar-refractivity contribution is 5.86. The van der Waals surface area contributed by atoms with Crippen LogP contribution >= 0.6 is 0 Å². The topological polar surface area (TPSA) is 75.6 Å². The molecule has 2 N–H and O–H groups in total. The summed E-state index contributed by atoms with van der Waals surface area (Å²) in [5.74, 6) is 0.610. The van der Waals surface area contributed by atoms with E-state index in [9.17, 15) is 4.79 Å². The van der Waals surface area contributed by atoms with Crippen molar-refractivity contribution in [3.63, 3.8) is 0 Å². The lowest BCUT2D eigenvalue weighted by atomic mass is 10.2. The van der Waals surface area contributed by atoms with Gasteiger partial charge >= 0.3 is 0 Å². The molecule has 6 nitrogen and oxygen atoms in total. The van der Waals surface area contributed by atoms with Crippen molar-refractivity contribution in [3.8, 4) is 5.75 Å². The van der Waals surface area contributed by atoms with Gasteiger partial charge in [0.25, 0.3) is 5.91 Å². The van der Waals surface area contributed by atoms with Crippen LogP contribution in [0.25, 0.3) is 0 Å². The molecule has 0 bridgehead atoms. The first kappa shape index (κ1) is 17.5. The SMILES string of the molecule is CCOc1ccc(N[C@H](CC)C(=O)N/N=C\c2ccccn2)cc1. The summed E-state index contributed by atoms with van der Waals surface area (Å²) in [6, 6.07) is 12.6. The molecule has 0 spiro atoms. The van der Waals surface area contributed by atoms with Crippen LogP contribution in [0.4, 0.5) is 5.69 Å². The first-order valence-corrected chi connectivity index (χ1v) is 7.96. The largest absolute Gasteiger partial charge is 0.494 e. The van der Waals surface area contributed by atoms with Crippen LogP contribution in [0.1, 0.15) is 26.0 Å². The van der Waals surface area contributed by atoms with Gasteiger partial charge in [-0.1, -0.05) is 13.0 Å². The Morgan fingerprint density at radius 2 is 2.04 bits per heavy atom. The number of amides is 1. The molecule has 0 aliphatic carbocycles. The van der Waals surface area contributed by atoms with Crippen molar-refractivity contribution >= 4 is 17.8 Å². The highest BCUT2D eigenvalue weighted by Gasteiger charge is 2.15. The number of carbonyl (C=O) groups excluding carboxylic acids is 1. The lowest BCUT2D eigenvalue weighted by molar-refractivity contribution is -0.121. The van der Waals surface area contributed by atoms with Crippen LogP contribution in [0.3, 0.4) is 0 Å². The Hall–Kier alpha value is -2.89. The molecule has 0 aliphatic rings. The molecule has 1 heterocycles. The van der Waals surface area contributed by atoms with Crippen LogP contribution < -0.4 is 15.5 Å². The van der Waals surface area contributed by atoms with E-state index in [0.29, 0.717) is 18.7 Å². The Kier molecular flexibility index (Phi) is 6.76. The number of ether oxygens (including phenoxy) is 1. The Morgan fingerprint density at radius 1 is 1.25 bits per heavy atom. The predicted molar refractivity (Wildman–Crippen MR) is 95.3 cm³/mol. The van der Waals surface area contributed by atoms with E-state index >= 15 is 0 Å². The maximum absolute atomic E-state index is 12.2. The van der Waals surface area contributed by atoms with E-state index in [2.05, 4.69) is 20.8 Å². The van der Waals surface area contributed by atoms with Crippen LogP contribution in [-0.2, 0) is 4.79 Å². The minimum absolute atomic E-state index is 0.196. The van der Waals surface area contributed by atoms with Crippen LogP contribution in [-0.4, -0.2) is 29.8 Å². The van der Waals surface area contributed by atoms with Gasteiger partial charge in [0.05, 0.1) is 18.5 Å². The van der Waals surface area contributed by atoms with Gasteiger partial charge in [-0.2, -0.15) is 5.10 Å². The van der Waals surface area contributed by atoms with E-state index in [-0.39, 0.29) is 11.9 Å². The number of anilines is 1. The molecule has 1 aromatic carbocycles. The van der Waals surface area contributed by atoms with Gasteiger partial charge in [-0.25, -0.2) is 5.43 Å². The molecule has 2 rings (SSSR count). The van der Waals surface area contributed by atoms with Crippen molar-refractivity contribution in [2.75, 3.05) is 11.9 Å². The lowest BCUT2D eigenvalue weighted by Gasteiger charge is -2.16. The molecule has 126 valence electrons. The Labute approximate surface area is 142 Å². The molecule has 0 saturated carbocycles. The second-order valence-electron chi connectivity index (χ2n) is 5.05. The first-order valence-electron chi connectivity index (χ1n) is 7.96. The molecule has 0 aliphatic heterocycles. The molecule has 0 saturated heterocycles. The van der Waals surface area contributed by atoms with Crippen molar-refractivity contribution in [2.24, 2.45) is 5.10 Å². The molecular formula is C18H22N4O2. The average Bonchev–Trinajstić information content (AvgIpc) is 2.62. The highest BCUT2D eigenvalue weighted by atomic mass is 16.5. The molecule has 1 amide bonds. The maximum atomic E-state index is 12.2. The number of nitrogens with one attached hydrogen (secondary N) is 2. The second-order valence-corrected chi connectivity index (χ2v) is 5.05. The summed E-state index contributed by atoms with van der Waals surface area (Å²) < 4.78 is 5.40. The van der Waals surface area contributed by atoms with Crippen LogP contribution in [0.15, 0.2) is 53.8 Å². The van der Waals surface area contributed by atoms with Crippen molar-refractivity contribution < 1.29 is 9.53 Å². The zero-order valence-corrected chi connectivity index (χ0v) is 13.9. The maximum Gasteiger partial charge on any atom is 0.262 e. The fraction of sp³-hybridized carbons (Fsp3) is 0.278. The summed E-state index contributed by atoms with van der Waals surface area (Å²) in [5.41, 5.74) is 4.08. The normalized spacial score (nSPS) is 11.9. The van der Waals surface area contributed by atoms with Crippen molar-refractivity contribution in [1.29, 1.82) is 0 Å². The number of carbonyl (C=O) groups is 1. The molecule has 2 aromatic rings. The molecule has 0 radical (unpaired) electrons. The first-order chi connectivity index (χ1) is 11.7. The summed E-state index contributed by atoms with van der Waals surface area (Å²) in [4.78, 5) is 16.3. The molecule has 1 aromatic heterocycles. The van der Waals surface area contributed by atoms with E-state index in [4.69, 9.17) is 4.74 Å². The third kappa shape index (κ3) is 5.39. The van der Waals surface area contributed by atoms with Crippen LogP contribution in [0.2, 0.25) is 0 Å². The highest BCUT2D eigenvalue weighted by Crippen LogP contribution is 2.17. The second kappa shape index (κ2) is 9.29. The van der Waals surface area contributed by atoms with Gasteiger partial charge in [0, 0.05) is 11.9 Å². The molecular weight excluding hydrogens is 304 g/mol. The third-order valence-electron chi connectivity index (χ3n) is 3.29. The van der Waals surface area contributed by atoms with Crippen LogP contribution in [0, 0.1) is 0 Å². The fourth-order valence-corrected chi connectivity index (χ4v) is 2.06. The number of benzene rings is 1. The number of rotatable bonds is 8. The minimum atomic E-state index is -0.371. The summed E-state index contributed by atoms with van der Waals surface area (Å²) >= 11 is 0. The van der Waals surface area contributed by atoms with Gasteiger partial charge in [0.1, 0.15) is 11.8 Å². The van der Waals surface area contributed by atoms with Gasteiger partial charge in [-0.3, -0.25) is 9.78 Å². The molecule has 0 fully saturated rings. The number of nitrogens with zero attached hydrogens (tertiary/aromatic N) is 2. The summed E-state index contributed by atoms with van der Waals surface area (Å²) in [6.07, 6.45) is 3.82. The summed E-state index contributed by atoms with van der Waals surface area (Å²) in [5, 5.41) is 7.13. The van der Waals surface area contributed by atoms with Crippen molar-refractivity contribution in [3.05, 3.63) is 54.4 Å². The van der Waals surface area contributed by atoms with Crippen LogP contribution in [0.5, 0.6) is 5.75 Å². The number of hydrogen-bond donors (Lipinski definition) is 2. The smallest absolute Gasteiger partial charge is 0.262 e. The number of aromatic nitrogens is 1. The molecule has 6 heteroatoms. The molecule has 24 heavy (non-hydrogen) atoms. The average molecular weight is 326 g/mol. The van der Waals surface area contributed by atoms with Gasteiger partial charge in [-0.15, -0.1) is 0 Å². The van der Waals surface area contributed by atoms with E-state index < -0.39 is 0 Å². The minimum Gasteiger partial charge on any atom is -0.494 e. The summed E-state index contributed by atoms with van der Waals surface area (Å²) in [6.45, 7) is 4.50. The standard InChI is InChI=1S/C18H22N4O2/c1-3-17(21-14-8-10-16(11-9-14)24-4-2)18(23)22-20-13-15-7-5-6-12-19-15/h5-13,17,21H,3-4H2,1-2H3,(H,22,23)/b20-13-/t17-/m1/s1. The lowest BCUT2D eigenvalue weighted by Crippen LogP contribution is -2.36. The van der Waals surface area contributed by atoms with Crippen molar-refractivity contribution in [2.45, 2.75) is 26.3 Å². The van der Waals surface area contributed by atoms with E-state index in [1.807, 2.05) is 56.3 Å². The molecule has 1 atom stereocenters. The Morgan fingerprint density at radius 3 is 2.67 bits per heavy atom. The van der Waals surface area contributed by atoms with Gasteiger partial charge in [0.15, 0.2) is 0 Å². The van der Waals surface area contributed by atoms with Crippen molar-refractivity contribution in [1.82, 2.24) is 10.4 Å². The Balaban J connectivity index is 1.90. The Bertz CT molecular complexity index is 656. The fourth-order valence-electron chi connectivity index (χ4n) is 2.06. The van der Waals surface area contributed by atoms with E-state index in [1.165, 1.54) is 6.21 Å². The zero-order chi connectivity index (χ0) is 17.2.